The van der Waals surface area contributed by atoms with Gasteiger partial charge < -0.3 is 5.32 Å². The van der Waals surface area contributed by atoms with Crippen molar-refractivity contribution < 1.29 is 4.79 Å². The fourth-order valence-electron chi connectivity index (χ4n) is 1.98. The van der Waals surface area contributed by atoms with Crippen LogP contribution in [0.3, 0.4) is 0 Å². The van der Waals surface area contributed by atoms with Crippen molar-refractivity contribution in [3.05, 3.63) is 75.3 Å². The highest BCUT2D eigenvalue weighted by Gasteiger charge is 2.09. The second kappa shape index (κ2) is 8.38. The fraction of sp³-hybridized carbons (Fsp3) is 0.111. The predicted molar refractivity (Wildman–Crippen MR) is 93.2 cm³/mol. The predicted octanol–water partition coefficient (Wildman–Crippen LogP) is 4.26. The monoisotopic (exact) mass is 344 g/mol. The molecular weight excluding hydrogens is 331 g/mol. The molecule has 0 saturated heterocycles. The maximum atomic E-state index is 12.1. The van der Waals surface area contributed by atoms with Gasteiger partial charge in [0.25, 0.3) is 5.91 Å². The van der Waals surface area contributed by atoms with Crippen LogP contribution in [0.1, 0.15) is 11.1 Å². The quantitative estimate of drug-likeness (QED) is 0.650. The molecule has 116 valence electrons. The molecule has 0 aromatic heterocycles. The van der Waals surface area contributed by atoms with Gasteiger partial charge in [0, 0.05) is 16.6 Å². The Kier molecular flexibility index (Phi) is 6.22. The van der Waals surface area contributed by atoms with Crippen molar-refractivity contribution in [2.24, 2.45) is 0 Å². The molecule has 0 heterocycles. The molecule has 0 unspecified atom stereocenters. The maximum Gasteiger partial charge on any atom is 0.261 e. The Bertz CT molecular complexity index is 764. The molecule has 0 aliphatic carbocycles. The Morgan fingerprint density at radius 3 is 2.57 bits per heavy atom. The van der Waals surface area contributed by atoms with E-state index in [1.807, 2.05) is 36.4 Å². The number of amides is 1. The minimum absolute atomic E-state index is 0.00211. The lowest BCUT2D eigenvalue weighted by Gasteiger charge is -2.05. The summed E-state index contributed by atoms with van der Waals surface area (Å²) in [7, 11) is 0. The highest BCUT2D eigenvalue weighted by molar-refractivity contribution is 6.35. The Morgan fingerprint density at radius 2 is 1.91 bits per heavy atom. The molecule has 0 aliphatic rings. The van der Waals surface area contributed by atoms with Crippen LogP contribution in [0.2, 0.25) is 10.0 Å². The number of nitriles is 1. The maximum absolute atomic E-state index is 12.1. The molecule has 0 spiro atoms. The van der Waals surface area contributed by atoms with Crippen molar-refractivity contribution in [3.63, 3.8) is 0 Å². The van der Waals surface area contributed by atoms with Crippen molar-refractivity contribution >= 4 is 35.2 Å². The molecule has 0 radical (unpaired) electrons. The number of hydrogen-bond acceptors (Lipinski definition) is 2. The van der Waals surface area contributed by atoms with Gasteiger partial charge in [-0.25, -0.2) is 0 Å². The molecule has 3 nitrogen and oxygen atoms in total. The van der Waals surface area contributed by atoms with Gasteiger partial charge in [-0.15, -0.1) is 0 Å². The van der Waals surface area contributed by atoms with E-state index in [4.69, 9.17) is 23.2 Å². The lowest BCUT2D eigenvalue weighted by molar-refractivity contribution is -0.117. The standard InChI is InChI=1S/C18H14Cl2N2O/c19-16-7-6-14(17(20)11-16)10-15(12-21)18(23)22-9-8-13-4-2-1-3-5-13/h1-7,10-11H,8-9H2,(H,22,23)/b15-10-. The zero-order chi connectivity index (χ0) is 16.7. The highest BCUT2D eigenvalue weighted by Crippen LogP contribution is 2.23. The molecule has 5 heteroatoms. The average Bonchev–Trinajstić information content (AvgIpc) is 2.55. The summed E-state index contributed by atoms with van der Waals surface area (Å²) in [6.45, 7) is 0.455. The molecule has 0 atom stereocenters. The van der Waals surface area contributed by atoms with Gasteiger partial charge in [-0.2, -0.15) is 5.26 Å². The minimum Gasteiger partial charge on any atom is -0.351 e. The van der Waals surface area contributed by atoms with E-state index in [1.54, 1.807) is 18.2 Å². The molecule has 1 N–H and O–H groups in total. The first-order valence-electron chi connectivity index (χ1n) is 6.99. The van der Waals surface area contributed by atoms with Gasteiger partial charge in [0.2, 0.25) is 0 Å². The molecular formula is C18H14Cl2N2O. The minimum atomic E-state index is -0.422. The summed E-state index contributed by atoms with van der Waals surface area (Å²) in [4.78, 5) is 12.1. The van der Waals surface area contributed by atoms with Crippen LogP contribution in [0, 0.1) is 11.3 Å². The zero-order valence-corrected chi connectivity index (χ0v) is 13.7. The number of benzene rings is 2. The van der Waals surface area contributed by atoms with E-state index in [9.17, 15) is 10.1 Å². The first-order chi connectivity index (χ1) is 11.1. The number of carbonyl (C=O) groups excluding carboxylic acids is 1. The van der Waals surface area contributed by atoms with Crippen molar-refractivity contribution in [2.75, 3.05) is 6.54 Å². The molecule has 0 aliphatic heterocycles. The number of carbonyl (C=O) groups is 1. The van der Waals surface area contributed by atoms with Crippen LogP contribution in [-0.2, 0) is 11.2 Å². The van der Waals surface area contributed by atoms with Gasteiger partial charge in [-0.1, -0.05) is 59.6 Å². The average molecular weight is 345 g/mol. The number of nitrogens with one attached hydrogen (secondary N) is 1. The SMILES string of the molecule is N#C/C(=C/c1ccc(Cl)cc1Cl)C(=O)NCCc1ccccc1. The van der Waals surface area contributed by atoms with E-state index in [0.29, 0.717) is 28.6 Å². The van der Waals surface area contributed by atoms with Crippen LogP contribution in [-0.4, -0.2) is 12.5 Å². The van der Waals surface area contributed by atoms with Gasteiger partial charge in [0.05, 0.1) is 0 Å². The number of hydrogen-bond donors (Lipinski definition) is 1. The van der Waals surface area contributed by atoms with E-state index >= 15 is 0 Å². The molecule has 2 aromatic rings. The Hall–Kier alpha value is -2.28. The molecule has 1 amide bonds. The second-order valence-corrected chi connectivity index (χ2v) is 5.67. The van der Waals surface area contributed by atoms with Gasteiger partial charge in [0.15, 0.2) is 0 Å². The van der Waals surface area contributed by atoms with Crippen molar-refractivity contribution in [2.45, 2.75) is 6.42 Å². The molecule has 0 bridgehead atoms. The third kappa shape index (κ3) is 5.14. The normalized spacial score (nSPS) is 10.9. The fourth-order valence-corrected chi connectivity index (χ4v) is 2.45. The Balaban J connectivity index is 2.01. The van der Waals surface area contributed by atoms with Gasteiger partial charge in [-0.3, -0.25) is 4.79 Å². The van der Waals surface area contributed by atoms with Crippen LogP contribution >= 0.6 is 23.2 Å². The van der Waals surface area contributed by atoms with E-state index in [0.717, 1.165) is 5.56 Å². The Labute approximate surface area is 145 Å². The summed E-state index contributed by atoms with van der Waals surface area (Å²) in [6.07, 6.45) is 2.16. The van der Waals surface area contributed by atoms with Crippen LogP contribution in [0.4, 0.5) is 0 Å². The molecule has 0 saturated carbocycles. The van der Waals surface area contributed by atoms with Gasteiger partial charge >= 0.3 is 0 Å². The summed E-state index contributed by atoms with van der Waals surface area (Å²) in [6, 6.07) is 16.6. The lowest BCUT2D eigenvalue weighted by Crippen LogP contribution is -2.26. The number of nitrogens with zero attached hydrogens (tertiary/aromatic N) is 1. The van der Waals surface area contributed by atoms with Crippen molar-refractivity contribution in [1.29, 1.82) is 5.26 Å². The van der Waals surface area contributed by atoms with E-state index in [2.05, 4.69) is 5.32 Å². The summed E-state index contributed by atoms with van der Waals surface area (Å²) in [5.74, 6) is -0.422. The first kappa shape index (κ1) is 17.1. The Morgan fingerprint density at radius 1 is 1.17 bits per heavy atom. The summed E-state index contributed by atoms with van der Waals surface area (Å²) >= 11 is 11.9. The molecule has 23 heavy (non-hydrogen) atoms. The van der Waals surface area contributed by atoms with Crippen LogP contribution in [0.25, 0.3) is 6.08 Å². The largest absolute Gasteiger partial charge is 0.351 e. The molecule has 2 rings (SSSR count). The first-order valence-corrected chi connectivity index (χ1v) is 7.74. The summed E-state index contributed by atoms with van der Waals surface area (Å²) < 4.78 is 0. The van der Waals surface area contributed by atoms with Gasteiger partial charge in [0.1, 0.15) is 11.6 Å². The van der Waals surface area contributed by atoms with E-state index < -0.39 is 5.91 Å². The highest BCUT2D eigenvalue weighted by atomic mass is 35.5. The van der Waals surface area contributed by atoms with Crippen LogP contribution in [0.15, 0.2) is 54.1 Å². The summed E-state index contributed by atoms with van der Waals surface area (Å²) in [5, 5.41) is 12.8. The number of halogens is 2. The zero-order valence-electron chi connectivity index (χ0n) is 12.2. The smallest absolute Gasteiger partial charge is 0.261 e. The molecule has 2 aromatic carbocycles. The third-order valence-corrected chi connectivity index (χ3v) is 3.73. The van der Waals surface area contributed by atoms with Gasteiger partial charge in [-0.05, 0) is 35.8 Å². The third-order valence-electron chi connectivity index (χ3n) is 3.17. The topological polar surface area (TPSA) is 52.9 Å². The molecule has 0 fully saturated rings. The van der Waals surface area contributed by atoms with E-state index in [-0.39, 0.29) is 5.57 Å². The number of rotatable bonds is 5. The lowest BCUT2D eigenvalue weighted by atomic mass is 10.1. The summed E-state index contributed by atoms with van der Waals surface area (Å²) in [5.41, 5.74) is 1.70. The van der Waals surface area contributed by atoms with Crippen LogP contribution < -0.4 is 5.32 Å². The van der Waals surface area contributed by atoms with E-state index in [1.165, 1.54) is 6.08 Å². The van der Waals surface area contributed by atoms with Crippen molar-refractivity contribution in [1.82, 2.24) is 5.32 Å². The second-order valence-electron chi connectivity index (χ2n) is 4.83. The van der Waals surface area contributed by atoms with Crippen LogP contribution in [0.5, 0.6) is 0 Å². The van der Waals surface area contributed by atoms with Crippen molar-refractivity contribution in [3.8, 4) is 6.07 Å².